The van der Waals surface area contributed by atoms with Gasteiger partial charge in [-0.1, -0.05) is 32.9 Å². The topological polar surface area (TPSA) is 58.2 Å². The van der Waals surface area contributed by atoms with Crippen LogP contribution >= 0.6 is 0 Å². The van der Waals surface area contributed by atoms with Gasteiger partial charge in [-0.15, -0.1) is 0 Å². The van der Waals surface area contributed by atoms with Crippen LogP contribution in [0.25, 0.3) is 0 Å². The Morgan fingerprint density at radius 2 is 1.84 bits per heavy atom. The Morgan fingerprint density at radius 1 is 1.21 bits per heavy atom. The number of amides is 2. The Labute approximate surface area is 114 Å². The highest BCUT2D eigenvalue weighted by atomic mass is 16.2. The molecule has 1 atom stereocenters. The maximum Gasteiger partial charge on any atom is 0.246 e. The monoisotopic (exact) mass is 262 g/mol. The quantitative estimate of drug-likeness (QED) is 0.879. The van der Waals surface area contributed by atoms with Crippen molar-refractivity contribution in [1.29, 1.82) is 0 Å². The highest BCUT2D eigenvalue weighted by Crippen LogP contribution is 2.13. The molecule has 0 heterocycles. The molecule has 4 heteroatoms. The number of benzene rings is 1. The first-order valence-electron chi connectivity index (χ1n) is 6.38. The standard InChI is InChI=1S/C15H22N2O2/c1-10-7-6-8-12(9-10)17-13(18)11(2)16-14(19)15(3,4)5/h6-9,11H,1-5H3,(H,16,19)(H,17,18)/t11-/m1/s1. The smallest absolute Gasteiger partial charge is 0.246 e. The van der Waals surface area contributed by atoms with Gasteiger partial charge in [0.1, 0.15) is 6.04 Å². The maximum atomic E-state index is 12.0. The molecule has 0 spiro atoms. The van der Waals surface area contributed by atoms with Crippen molar-refractivity contribution in [2.24, 2.45) is 5.41 Å². The van der Waals surface area contributed by atoms with E-state index in [1.807, 2.05) is 52.0 Å². The van der Waals surface area contributed by atoms with Gasteiger partial charge < -0.3 is 10.6 Å². The number of rotatable bonds is 3. The average molecular weight is 262 g/mol. The first kappa shape index (κ1) is 15.2. The average Bonchev–Trinajstić information content (AvgIpc) is 2.27. The first-order valence-corrected chi connectivity index (χ1v) is 6.38. The minimum atomic E-state index is -0.563. The Bertz CT molecular complexity index is 475. The summed E-state index contributed by atoms with van der Waals surface area (Å²) in [7, 11) is 0. The van der Waals surface area contributed by atoms with Gasteiger partial charge in [0.2, 0.25) is 11.8 Å². The van der Waals surface area contributed by atoms with E-state index in [1.165, 1.54) is 0 Å². The van der Waals surface area contributed by atoms with Crippen LogP contribution in [0.15, 0.2) is 24.3 Å². The van der Waals surface area contributed by atoms with Crippen LogP contribution in [0.5, 0.6) is 0 Å². The van der Waals surface area contributed by atoms with Gasteiger partial charge in [-0.05, 0) is 31.5 Å². The molecule has 19 heavy (non-hydrogen) atoms. The van der Waals surface area contributed by atoms with Gasteiger partial charge >= 0.3 is 0 Å². The van der Waals surface area contributed by atoms with Crippen LogP contribution < -0.4 is 10.6 Å². The summed E-state index contributed by atoms with van der Waals surface area (Å²) in [5.41, 5.74) is 1.31. The molecule has 1 rings (SSSR count). The number of carbonyl (C=O) groups is 2. The van der Waals surface area contributed by atoms with Crippen LogP contribution in [-0.4, -0.2) is 17.9 Å². The van der Waals surface area contributed by atoms with Crippen molar-refractivity contribution in [2.75, 3.05) is 5.32 Å². The molecule has 1 aromatic carbocycles. The number of carbonyl (C=O) groups excluding carboxylic acids is 2. The molecular weight excluding hydrogens is 240 g/mol. The van der Waals surface area contributed by atoms with Gasteiger partial charge in [0.15, 0.2) is 0 Å². The van der Waals surface area contributed by atoms with Gasteiger partial charge in [-0.2, -0.15) is 0 Å². The predicted octanol–water partition coefficient (Wildman–Crippen LogP) is 2.48. The minimum Gasteiger partial charge on any atom is -0.344 e. The van der Waals surface area contributed by atoms with Crippen LogP contribution in [-0.2, 0) is 9.59 Å². The molecular formula is C15H22N2O2. The van der Waals surface area contributed by atoms with Gasteiger partial charge in [0.05, 0.1) is 0 Å². The Balaban J connectivity index is 2.61. The number of hydrogen-bond acceptors (Lipinski definition) is 2. The fourth-order valence-corrected chi connectivity index (χ4v) is 1.45. The van der Waals surface area contributed by atoms with E-state index in [-0.39, 0.29) is 11.8 Å². The lowest BCUT2D eigenvalue weighted by Gasteiger charge is -2.21. The SMILES string of the molecule is Cc1cccc(NC(=O)[C@@H](C)NC(=O)C(C)(C)C)c1. The fourth-order valence-electron chi connectivity index (χ4n) is 1.45. The van der Waals surface area contributed by atoms with Crippen molar-refractivity contribution in [3.8, 4) is 0 Å². The summed E-state index contributed by atoms with van der Waals surface area (Å²) in [6.07, 6.45) is 0. The van der Waals surface area contributed by atoms with Gasteiger partial charge in [-0.25, -0.2) is 0 Å². The molecule has 0 fully saturated rings. The van der Waals surface area contributed by atoms with Crippen molar-refractivity contribution in [3.63, 3.8) is 0 Å². The number of anilines is 1. The molecule has 1 aromatic rings. The predicted molar refractivity (Wildman–Crippen MR) is 76.9 cm³/mol. The van der Waals surface area contributed by atoms with Crippen LogP contribution in [0.3, 0.4) is 0 Å². The molecule has 0 aliphatic heterocycles. The largest absolute Gasteiger partial charge is 0.344 e. The fraction of sp³-hybridized carbons (Fsp3) is 0.467. The summed E-state index contributed by atoms with van der Waals surface area (Å²) in [4.78, 5) is 23.8. The molecule has 2 N–H and O–H groups in total. The van der Waals surface area contributed by atoms with Crippen molar-refractivity contribution in [3.05, 3.63) is 29.8 Å². The zero-order valence-corrected chi connectivity index (χ0v) is 12.2. The lowest BCUT2D eigenvalue weighted by Crippen LogP contribution is -2.46. The second kappa shape index (κ2) is 5.87. The van der Waals surface area contributed by atoms with E-state index < -0.39 is 11.5 Å². The molecule has 0 saturated carbocycles. The summed E-state index contributed by atoms with van der Waals surface area (Å²) in [5, 5.41) is 5.49. The number of hydrogen-bond donors (Lipinski definition) is 2. The van der Waals surface area contributed by atoms with Gasteiger partial charge in [0, 0.05) is 11.1 Å². The number of aryl methyl sites for hydroxylation is 1. The van der Waals surface area contributed by atoms with E-state index in [0.717, 1.165) is 11.3 Å². The minimum absolute atomic E-state index is 0.139. The zero-order chi connectivity index (χ0) is 14.6. The van der Waals surface area contributed by atoms with Crippen molar-refractivity contribution in [2.45, 2.75) is 40.7 Å². The summed E-state index contributed by atoms with van der Waals surface area (Å²) in [6, 6.07) is 6.98. The maximum absolute atomic E-state index is 12.0. The van der Waals surface area contributed by atoms with Crippen LogP contribution in [0.1, 0.15) is 33.3 Å². The molecule has 0 radical (unpaired) electrons. The molecule has 0 bridgehead atoms. The summed E-state index contributed by atoms with van der Waals surface area (Å²) >= 11 is 0. The summed E-state index contributed by atoms with van der Waals surface area (Å²) in [5.74, 6) is -0.359. The lowest BCUT2D eigenvalue weighted by molar-refractivity contribution is -0.131. The zero-order valence-electron chi connectivity index (χ0n) is 12.2. The van der Waals surface area contributed by atoms with E-state index >= 15 is 0 Å². The molecule has 0 aliphatic carbocycles. The summed E-state index contributed by atoms with van der Waals surface area (Å²) < 4.78 is 0. The van der Waals surface area contributed by atoms with Crippen molar-refractivity contribution >= 4 is 17.5 Å². The molecule has 0 unspecified atom stereocenters. The van der Waals surface area contributed by atoms with E-state index in [2.05, 4.69) is 10.6 Å². The third kappa shape index (κ3) is 4.73. The van der Waals surface area contributed by atoms with Gasteiger partial charge in [-0.3, -0.25) is 9.59 Å². The Hall–Kier alpha value is -1.84. The first-order chi connectivity index (χ1) is 8.70. The Morgan fingerprint density at radius 3 is 2.37 bits per heavy atom. The third-order valence-electron chi connectivity index (χ3n) is 2.71. The Kier molecular flexibility index (Phi) is 4.70. The molecule has 2 amide bonds. The van der Waals surface area contributed by atoms with Crippen LogP contribution in [0, 0.1) is 12.3 Å². The third-order valence-corrected chi connectivity index (χ3v) is 2.71. The van der Waals surface area contributed by atoms with Crippen LogP contribution in [0.2, 0.25) is 0 Å². The van der Waals surface area contributed by atoms with Crippen LogP contribution in [0.4, 0.5) is 5.69 Å². The molecule has 4 nitrogen and oxygen atoms in total. The van der Waals surface area contributed by atoms with Crippen molar-refractivity contribution in [1.82, 2.24) is 5.32 Å². The second-order valence-electron chi connectivity index (χ2n) is 5.80. The second-order valence-corrected chi connectivity index (χ2v) is 5.80. The van der Waals surface area contributed by atoms with Crippen molar-refractivity contribution < 1.29 is 9.59 Å². The normalized spacial score (nSPS) is 12.7. The highest BCUT2D eigenvalue weighted by molar-refractivity contribution is 5.97. The highest BCUT2D eigenvalue weighted by Gasteiger charge is 2.24. The van der Waals surface area contributed by atoms with E-state index in [9.17, 15) is 9.59 Å². The number of nitrogens with one attached hydrogen (secondary N) is 2. The molecule has 0 aromatic heterocycles. The molecule has 0 aliphatic rings. The summed E-state index contributed by atoms with van der Waals surface area (Å²) in [6.45, 7) is 9.07. The lowest BCUT2D eigenvalue weighted by atomic mass is 9.95. The van der Waals surface area contributed by atoms with Gasteiger partial charge in [0.25, 0.3) is 0 Å². The van der Waals surface area contributed by atoms with E-state index in [0.29, 0.717) is 0 Å². The molecule has 0 saturated heterocycles. The van der Waals surface area contributed by atoms with E-state index in [1.54, 1.807) is 6.92 Å². The molecule has 104 valence electrons. The van der Waals surface area contributed by atoms with E-state index in [4.69, 9.17) is 0 Å².